The zero-order valence-corrected chi connectivity index (χ0v) is 26.5. The molecule has 3 aliphatic carbocycles. The summed E-state index contributed by atoms with van der Waals surface area (Å²) in [4.78, 5) is 20.0. The van der Waals surface area contributed by atoms with Gasteiger partial charge in [-0.25, -0.2) is 0 Å². The Morgan fingerprint density at radius 2 is 1.78 bits per heavy atom. The lowest BCUT2D eigenvalue weighted by Crippen LogP contribution is -2.49. The number of nitrogens with zero attached hydrogens (tertiary/aromatic N) is 1. The molecule has 0 aromatic rings. The summed E-state index contributed by atoms with van der Waals surface area (Å²) in [5.41, 5.74) is 0.415. The number of carbonyl (C=O) groups is 1. The van der Waals surface area contributed by atoms with Crippen LogP contribution in [0.2, 0.25) is 0 Å². The molecule has 5 fully saturated rings. The highest BCUT2D eigenvalue weighted by molar-refractivity contribution is 5.82. The third-order valence-electron chi connectivity index (χ3n) is 12.2. The Hall–Kier alpha value is -0.730. The number of amides is 1. The Kier molecular flexibility index (Phi) is 10.8. The van der Waals surface area contributed by atoms with Gasteiger partial charge in [0, 0.05) is 25.0 Å². The molecule has 236 valence electrons. The quantitative estimate of drug-likeness (QED) is 0.312. The van der Waals surface area contributed by atoms with Gasteiger partial charge in [-0.15, -0.1) is 0 Å². The molecule has 7 heteroatoms. The summed E-state index contributed by atoms with van der Waals surface area (Å²) in [6.07, 6.45) is 15.4. The first-order valence-corrected chi connectivity index (χ1v) is 17.4. The van der Waals surface area contributed by atoms with Gasteiger partial charge in [0.15, 0.2) is 0 Å². The van der Waals surface area contributed by atoms with Crippen molar-refractivity contribution in [1.29, 1.82) is 0 Å². The van der Waals surface area contributed by atoms with Gasteiger partial charge >= 0.3 is 0 Å². The van der Waals surface area contributed by atoms with E-state index in [4.69, 9.17) is 4.84 Å². The predicted octanol–water partition coefficient (Wildman–Crippen LogP) is 4.90. The topological polar surface area (TPSA) is 94.1 Å². The number of hydrogen-bond donors (Lipinski definition) is 4. The molecule has 5 aliphatic rings. The molecule has 2 aliphatic heterocycles. The highest BCUT2D eigenvalue weighted by atomic mass is 16.7. The van der Waals surface area contributed by atoms with E-state index in [1.807, 2.05) is 5.06 Å². The minimum absolute atomic E-state index is 0.0498. The Morgan fingerprint density at radius 3 is 2.49 bits per heavy atom. The molecule has 5 unspecified atom stereocenters. The average molecular weight is 576 g/mol. The smallest absolute Gasteiger partial charge is 0.240 e. The molecule has 0 radical (unpaired) electrons. The van der Waals surface area contributed by atoms with Crippen LogP contribution in [-0.4, -0.2) is 71.7 Å². The summed E-state index contributed by atoms with van der Waals surface area (Å²) >= 11 is 0. The second-order valence-electron chi connectivity index (χ2n) is 15.8. The fraction of sp³-hybridized carbons (Fsp3) is 0.971. The largest absolute Gasteiger partial charge is 0.396 e. The summed E-state index contributed by atoms with van der Waals surface area (Å²) in [5.74, 6) is 3.85. The van der Waals surface area contributed by atoms with E-state index >= 15 is 0 Å². The van der Waals surface area contributed by atoms with Crippen LogP contribution in [0.5, 0.6) is 0 Å². The van der Waals surface area contributed by atoms with Crippen molar-refractivity contribution in [2.75, 3.05) is 26.2 Å². The van der Waals surface area contributed by atoms with Gasteiger partial charge in [0.1, 0.15) is 12.1 Å². The molecule has 0 spiro atoms. The Labute approximate surface area is 249 Å². The van der Waals surface area contributed by atoms with Gasteiger partial charge in [0.05, 0.1) is 12.7 Å². The number of hydroxylamine groups is 2. The van der Waals surface area contributed by atoms with Crippen molar-refractivity contribution in [1.82, 2.24) is 15.7 Å². The van der Waals surface area contributed by atoms with E-state index in [9.17, 15) is 15.0 Å². The SMILES string of the molecule is C[C@H](O)[C@H]1ON(CC2CCCC(C3CCC(C(C)(C)C)CC3)C2)[C@@H](C(=O)NCCC2CNC3CCCCC23)[C@H]1CO. The molecule has 3 saturated carbocycles. The Morgan fingerprint density at radius 1 is 1.02 bits per heavy atom. The van der Waals surface area contributed by atoms with Crippen LogP contribution in [0.1, 0.15) is 111 Å². The molecular formula is C34H61N3O4. The number of hydrogen-bond acceptors (Lipinski definition) is 6. The highest BCUT2D eigenvalue weighted by Crippen LogP contribution is 2.46. The third-order valence-corrected chi connectivity index (χ3v) is 12.2. The lowest BCUT2D eigenvalue weighted by atomic mass is 9.64. The molecule has 0 aromatic heterocycles. The summed E-state index contributed by atoms with van der Waals surface area (Å²) < 4.78 is 0. The number of fused-ring (bicyclic) bond motifs is 1. The number of rotatable bonds is 9. The van der Waals surface area contributed by atoms with Crippen LogP contribution in [0.25, 0.3) is 0 Å². The lowest BCUT2D eigenvalue weighted by Gasteiger charge is -2.42. The van der Waals surface area contributed by atoms with Gasteiger partial charge in [-0.05, 0) is 112 Å². The zero-order valence-electron chi connectivity index (χ0n) is 26.5. The van der Waals surface area contributed by atoms with Crippen molar-refractivity contribution in [3.05, 3.63) is 0 Å². The second-order valence-corrected chi connectivity index (χ2v) is 15.8. The predicted molar refractivity (Wildman–Crippen MR) is 163 cm³/mol. The minimum atomic E-state index is -0.739. The number of aliphatic hydroxyl groups excluding tert-OH is 2. The van der Waals surface area contributed by atoms with Crippen LogP contribution in [0.15, 0.2) is 0 Å². The first-order valence-electron chi connectivity index (χ1n) is 17.4. The molecule has 9 atom stereocenters. The number of carbonyl (C=O) groups excluding carboxylic acids is 1. The van der Waals surface area contributed by atoms with Crippen LogP contribution in [-0.2, 0) is 9.63 Å². The molecular weight excluding hydrogens is 514 g/mol. The molecule has 41 heavy (non-hydrogen) atoms. The maximum atomic E-state index is 13.7. The van der Waals surface area contributed by atoms with Gasteiger partial charge in [-0.2, -0.15) is 5.06 Å². The summed E-state index contributed by atoms with van der Waals surface area (Å²) in [6, 6.07) is 0.118. The Balaban J connectivity index is 1.17. The molecule has 4 N–H and O–H groups in total. The van der Waals surface area contributed by atoms with Crippen molar-refractivity contribution in [3.63, 3.8) is 0 Å². The van der Waals surface area contributed by atoms with Crippen molar-refractivity contribution < 1.29 is 19.8 Å². The van der Waals surface area contributed by atoms with Crippen molar-refractivity contribution in [3.8, 4) is 0 Å². The molecule has 5 rings (SSSR count). The standard InChI is InChI=1S/C34H61N3O4/c1-22(39)32-29(21-38)31(33(40)35-17-16-26-19-36-30-11-6-5-10-28(26)30)37(41-32)20-23-8-7-9-25(18-23)24-12-14-27(15-13-24)34(2,3)4/h22-32,36,38-39H,5-21H2,1-4H3,(H,35,40)/t22-,23?,24?,25?,26?,27?,28?,29+,30?,31+,32+/m0/s1. The monoisotopic (exact) mass is 575 g/mol. The number of aliphatic hydroxyl groups is 2. The fourth-order valence-electron chi connectivity index (χ4n) is 9.70. The van der Waals surface area contributed by atoms with Crippen LogP contribution in [0.3, 0.4) is 0 Å². The fourth-order valence-corrected chi connectivity index (χ4v) is 9.70. The van der Waals surface area contributed by atoms with Gasteiger partial charge in [0.25, 0.3) is 0 Å². The molecule has 2 heterocycles. The van der Waals surface area contributed by atoms with E-state index in [-0.39, 0.29) is 12.5 Å². The highest BCUT2D eigenvalue weighted by Gasteiger charge is 2.49. The van der Waals surface area contributed by atoms with E-state index in [2.05, 4.69) is 31.4 Å². The van der Waals surface area contributed by atoms with Crippen molar-refractivity contribution >= 4 is 5.91 Å². The Bertz CT molecular complexity index is 838. The number of nitrogens with one attached hydrogen (secondary N) is 2. The van der Waals surface area contributed by atoms with E-state index in [0.29, 0.717) is 36.4 Å². The second kappa shape index (κ2) is 13.9. The third kappa shape index (κ3) is 7.50. The van der Waals surface area contributed by atoms with Crippen LogP contribution >= 0.6 is 0 Å². The van der Waals surface area contributed by atoms with E-state index < -0.39 is 24.2 Å². The first kappa shape index (κ1) is 31.7. The molecule has 0 aromatic carbocycles. The average Bonchev–Trinajstić information content (AvgIpc) is 3.54. The molecule has 7 nitrogen and oxygen atoms in total. The maximum Gasteiger partial charge on any atom is 0.240 e. The van der Waals surface area contributed by atoms with E-state index in [0.717, 1.165) is 36.6 Å². The minimum Gasteiger partial charge on any atom is -0.396 e. The van der Waals surface area contributed by atoms with Gasteiger partial charge < -0.3 is 20.8 Å². The van der Waals surface area contributed by atoms with Crippen LogP contribution < -0.4 is 10.6 Å². The van der Waals surface area contributed by atoms with Crippen LogP contribution in [0, 0.1) is 46.8 Å². The first-order chi connectivity index (χ1) is 19.7. The van der Waals surface area contributed by atoms with Crippen molar-refractivity contribution in [2.24, 2.45) is 46.8 Å². The van der Waals surface area contributed by atoms with Gasteiger partial charge in [0.2, 0.25) is 5.91 Å². The van der Waals surface area contributed by atoms with Crippen LogP contribution in [0.4, 0.5) is 0 Å². The molecule has 1 amide bonds. The molecule has 2 saturated heterocycles. The van der Waals surface area contributed by atoms with Gasteiger partial charge in [-0.3, -0.25) is 9.63 Å². The molecule has 0 bridgehead atoms. The summed E-state index contributed by atoms with van der Waals surface area (Å²) in [5, 5.41) is 29.7. The zero-order chi connectivity index (χ0) is 29.1. The van der Waals surface area contributed by atoms with Gasteiger partial charge in [-0.1, -0.05) is 46.5 Å². The normalized spacial score (nSPS) is 41.2. The lowest BCUT2D eigenvalue weighted by molar-refractivity contribution is -0.193. The summed E-state index contributed by atoms with van der Waals surface area (Å²) in [6.45, 7) is 11.2. The van der Waals surface area contributed by atoms with E-state index in [1.165, 1.54) is 77.0 Å². The summed E-state index contributed by atoms with van der Waals surface area (Å²) in [7, 11) is 0. The maximum absolute atomic E-state index is 13.7. The van der Waals surface area contributed by atoms with Crippen molar-refractivity contribution in [2.45, 2.75) is 135 Å². The van der Waals surface area contributed by atoms with E-state index in [1.54, 1.807) is 6.92 Å².